The van der Waals surface area contributed by atoms with E-state index in [9.17, 15) is 0 Å². The summed E-state index contributed by atoms with van der Waals surface area (Å²) in [7, 11) is 0. The maximum Gasteiger partial charge on any atom is 0.0315 e. The van der Waals surface area contributed by atoms with E-state index in [1.54, 1.807) is 0 Å². The molecule has 0 aliphatic heterocycles. The van der Waals surface area contributed by atoms with Crippen LogP contribution < -0.4 is 5.32 Å². The van der Waals surface area contributed by atoms with Crippen LogP contribution in [0.3, 0.4) is 0 Å². The molecule has 0 aliphatic rings. The van der Waals surface area contributed by atoms with Crippen LogP contribution in [0.4, 0.5) is 0 Å². The van der Waals surface area contributed by atoms with Crippen molar-refractivity contribution in [3.63, 3.8) is 0 Å². The monoisotopic (exact) mass is 206 g/mol. The van der Waals surface area contributed by atoms with Crippen molar-refractivity contribution >= 4 is 0 Å². The van der Waals surface area contributed by atoms with Gasteiger partial charge in [-0.15, -0.1) is 0 Å². The highest BCUT2D eigenvalue weighted by Crippen LogP contribution is 2.20. The van der Waals surface area contributed by atoms with Crippen LogP contribution in [0.15, 0.2) is 24.5 Å². The average Bonchev–Trinajstić information content (AvgIpc) is 2.27. The minimum atomic E-state index is 0.371. The molecule has 1 N–H and O–H groups in total. The van der Waals surface area contributed by atoms with E-state index in [0.717, 1.165) is 6.54 Å². The van der Waals surface area contributed by atoms with Crippen molar-refractivity contribution in [2.24, 2.45) is 5.41 Å². The van der Waals surface area contributed by atoms with Crippen LogP contribution in [0.2, 0.25) is 0 Å². The summed E-state index contributed by atoms with van der Waals surface area (Å²) in [5.74, 6) is 0. The van der Waals surface area contributed by atoms with Crippen molar-refractivity contribution in [3.05, 3.63) is 30.1 Å². The molecule has 0 amide bonds. The molecule has 1 aromatic heterocycles. The number of hydrogen-bond acceptors (Lipinski definition) is 2. The Labute approximate surface area is 93.1 Å². The van der Waals surface area contributed by atoms with Crippen LogP contribution in [-0.2, 0) is 0 Å². The van der Waals surface area contributed by atoms with Crippen LogP contribution in [0.5, 0.6) is 0 Å². The lowest BCUT2D eigenvalue weighted by atomic mass is 9.90. The van der Waals surface area contributed by atoms with Gasteiger partial charge >= 0.3 is 0 Å². The van der Waals surface area contributed by atoms with Gasteiger partial charge in [-0.2, -0.15) is 0 Å². The van der Waals surface area contributed by atoms with E-state index >= 15 is 0 Å². The fourth-order valence-electron chi connectivity index (χ4n) is 1.30. The number of rotatable bonds is 5. The van der Waals surface area contributed by atoms with E-state index in [1.165, 1.54) is 12.0 Å². The first kappa shape index (κ1) is 12.2. The molecule has 1 heterocycles. The number of hydrogen-bond donors (Lipinski definition) is 1. The van der Waals surface area contributed by atoms with Crippen LogP contribution in [-0.4, -0.2) is 11.5 Å². The van der Waals surface area contributed by atoms with E-state index < -0.39 is 0 Å². The molecule has 1 atom stereocenters. The molecule has 0 saturated carbocycles. The van der Waals surface area contributed by atoms with E-state index in [2.05, 4.69) is 44.1 Å². The topological polar surface area (TPSA) is 24.9 Å². The molecule has 0 spiro atoms. The standard InChI is InChI=1S/C13H22N2/c1-5-13(3,4)10-15-11(2)12-7-6-8-14-9-12/h6-9,11,15H,5,10H2,1-4H3. The molecule has 0 aromatic carbocycles. The summed E-state index contributed by atoms with van der Waals surface area (Å²) < 4.78 is 0. The molecule has 0 aliphatic carbocycles. The van der Waals surface area contributed by atoms with Gasteiger partial charge in [-0.05, 0) is 30.4 Å². The van der Waals surface area contributed by atoms with Crippen molar-refractivity contribution in [2.45, 2.75) is 40.2 Å². The molecule has 1 rings (SSSR count). The molecule has 1 aromatic rings. The van der Waals surface area contributed by atoms with Crippen molar-refractivity contribution in [1.82, 2.24) is 10.3 Å². The van der Waals surface area contributed by atoms with E-state index in [0.29, 0.717) is 11.5 Å². The molecule has 84 valence electrons. The highest BCUT2D eigenvalue weighted by Gasteiger charge is 2.16. The minimum Gasteiger partial charge on any atom is -0.310 e. The van der Waals surface area contributed by atoms with Crippen LogP contribution >= 0.6 is 0 Å². The maximum absolute atomic E-state index is 4.13. The quantitative estimate of drug-likeness (QED) is 0.800. The average molecular weight is 206 g/mol. The van der Waals surface area contributed by atoms with Crippen molar-refractivity contribution in [3.8, 4) is 0 Å². The largest absolute Gasteiger partial charge is 0.310 e. The Kier molecular flexibility index (Phi) is 4.28. The molecule has 0 saturated heterocycles. The molecular weight excluding hydrogens is 184 g/mol. The second-order valence-electron chi connectivity index (χ2n) is 4.91. The fraction of sp³-hybridized carbons (Fsp3) is 0.615. The lowest BCUT2D eigenvalue weighted by Gasteiger charge is -2.25. The van der Waals surface area contributed by atoms with Gasteiger partial charge in [0, 0.05) is 25.0 Å². The second kappa shape index (κ2) is 5.26. The van der Waals surface area contributed by atoms with Gasteiger partial charge in [0.25, 0.3) is 0 Å². The number of pyridine rings is 1. The first-order chi connectivity index (χ1) is 7.05. The normalized spacial score (nSPS) is 13.9. The Morgan fingerprint density at radius 1 is 1.47 bits per heavy atom. The van der Waals surface area contributed by atoms with Gasteiger partial charge in [0.15, 0.2) is 0 Å². The number of nitrogens with one attached hydrogen (secondary N) is 1. The minimum absolute atomic E-state index is 0.371. The van der Waals surface area contributed by atoms with Gasteiger partial charge < -0.3 is 5.32 Å². The van der Waals surface area contributed by atoms with Crippen molar-refractivity contribution in [2.75, 3.05) is 6.54 Å². The Morgan fingerprint density at radius 2 is 2.20 bits per heavy atom. The molecule has 0 radical (unpaired) electrons. The summed E-state index contributed by atoms with van der Waals surface area (Å²) in [6.07, 6.45) is 4.93. The van der Waals surface area contributed by atoms with Gasteiger partial charge in [0.05, 0.1) is 0 Å². The smallest absolute Gasteiger partial charge is 0.0315 e. The summed E-state index contributed by atoms with van der Waals surface area (Å²) in [4.78, 5) is 4.13. The third kappa shape index (κ3) is 4.00. The molecule has 15 heavy (non-hydrogen) atoms. The zero-order chi connectivity index (χ0) is 11.3. The zero-order valence-electron chi connectivity index (χ0n) is 10.2. The summed E-state index contributed by atoms with van der Waals surface area (Å²) in [6, 6.07) is 4.48. The first-order valence-electron chi connectivity index (χ1n) is 5.68. The lowest BCUT2D eigenvalue weighted by Crippen LogP contribution is -2.30. The maximum atomic E-state index is 4.13. The van der Waals surface area contributed by atoms with Gasteiger partial charge in [0.2, 0.25) is 0 Å². The zero-order valence-corrected chi connectivity index (χ0v) is 10.2. The van der Waals surface area contributed by atoms with Gasteiger partial charge in [0.1, 0.15) is 0 Å². The van der Waals surface area contributed by atoms with E-state index in [1.807, 2.05) is 18.5 Å². The van der Waals surface area contributed by atoms with Crippen LogP contribution in [0.25, 0.3) is 0 Å². The highest BCUT2D eigenvalue weighted by molar-refractivity contribution is 5.12. The van der Waals surface area contributed by atoms with Crippen LogP contribution in [0, 0.1) is 5.41 Å². The number of nitrogens with zero attached hydrogens (tertiary/aromatic N) is 1. The predicted molar refractivity (Wildman–Crippen MR) is 64.7 cm³/mol. The van der Waals surface area contributed by atoms with E-state index in [-0.39, 0.29) is 0 Å². The first-order valence-corrected chi connectivity index (χ1v) is 5.68. The molecule has 1 unspecified atom stereocenters. The summed E-state index contributed by atoms with van der Waals surface area (Å²) in [5, 5.41) is 3.55. The lowest BCUT2D eigenvalue weighted by molar-refractivity contribution is 0.314. The van der Waals surface area contributed by atoms with Gasteiger partial charge in [-0.25, -0.2) is 0 Å². The predicted octanol–water partition coefficient (Wildman–Crippen LogP) is 3.17. The molecule has 2 heteroatoms. The molecule has 0 bridgehead atoms. The van der Waals surface area contributed by atoms with E-state index in [4.69, 9.17) is 0 Å². The third-order valence-electron chi connectivity index (χ3n) is 3.03. The van der Waals surface area contributed by atoms with Crippen LogP contribution in [0.1, 0.15) is 45.7 Å². The second-order valence-corrected chi connectivity index (χ2v) is 4.91. The molecule has 0 fully saturated rings. The van der Waals surface area contributed by atoms with Gasteiger partial charge in [-0.1, -0.05) is 26.8 Å². The Bertz CT molecular complexity index is 280. The summed E-state index contributed by atoms with van der Waals surface area (Å²) in [6.45, 7) is 10.0. The van der Waals surface area contributed by atoms with Crippen molar-refractivity contribution < 1.29 is 0 Å². The number of aromatic nitrogens is 1. The fourth-order valence-corrected chi connectivity index (χ4v) is 1.30. The summed E-state index contributed by atoms with van der Waals surface area (Å²) >= 11 is 0. The highest BCUT2D eigenvalue weighted by atomic mass is 14.9. The van der Waals surface area contributed by atoms with Gasteiger partial charge in [-0.3, -0.25) is 4.98 Å². The SMILES string of the molecule is CCC(C)(C)CNC(C)c1cccnc1. The Morgan fingerprint density at radius 3 is 2.73 bits per heavy atom. The Hall–Kier alpha value is -0.890. The molecular formula is C13H22N2. The third-order valence-corrected chi connectivity index (χ3v) is 3.03. The van der Waals surface area contributed by atoms with Crippen molar-refractivity contribution in [1.29, 1.82) is 0 Å². The summed E-state index contributed by atoms with van der Waals surface area (Å²) in [5.41, 5.74) is 1.63. The molecule has 2 nitrogen and oxygen atoms in total. The Balaban J connectivity index is 2.47.